The normalized spacial score (nSPS) is 22.6. The van der Waals surface area contributed by atoms with E-state index in [1.165, 1.54) is 31.2 Å². The number of thiocarbonyl (C=S) groups is 1. The van der Waals surface area contributed by atoms with Crippen molar-refractivity contribution in [2.45, 2.75) is 58.4 Å². The van der Waals surface area contributed by atoms with Gasteiger partial charge in [0.25, 0.3) is 0 Å². The maximum absolute atomic E-state index is 5.49. The summed E-state index contributed by atoms with van der Waals surface area (Å²) < 4.78 is 0. The third-order valence-corrected chi connectivity index (χ3v) is 4.48. The molecule has 0 heterocycles. The molecule has 2 atom stereocenters. The Morgan fingerprint density at radius 2 is 1.90 bits per heavy atom. The van der Waals surface area contributed by atoms with Gasteiger partial charge in [0.1, 0.15) is 0 Å². The van der Waals surface area contributed by atoms with Gasteiger partial charge >= 0.3 is 0 Å². The molecule has 110 valence electrons. The van der Waals surface area contributed by atoms with E-state index in [9.17, 15) is 0 Å². The van der Waals surface area contributed by atoms with Crippen LogP contribution in [0.1, 0.15) is 57.9 Å². The highest BCUT2D eigenvalue weighted by atomic mass is 32.1. The quantitative estimate of drug-likeness (QED) is 0.791. The molecule has 0 amide bonds. The monoisotopic (exact) mass is 290 g/mol. The van der Waals surface area contributed by atoms with Crippen molar-refractivity contribution in [1.82, 2.24) is 5.32 Å². The number of hydrogen-bond donors (Lipinski definition) is 2. The van der Waals surface area contributed by atoms with Gasteiger partial charge < -0.3 is 10.6 Å². The molecule has 1 aromatic carbocycles. The second-order valence-electron chi connectivity index (χ2n) is 6.21. The molecule has 0 aliphatic heterocycles. The van der Waals surface area contributed by atoms with Crippen LogP contribution in [0.5, 0.6) is 0 Å². The molecule has 0 aromatic heterocycles. The Kier molecular flexibility index (Phi) is 5.41. The van der Waals surface area contributed by atoms with Crippen molar-refractivity contribution in [2.75, 3.05) is 5.32 Å². The van der Waals surface area contributed by atoms with E-state index in [2.05, 4.69) is 55.7 Å². The number of para-hydroxylation sites is 1. The third-order valence-electron chi connectivity index (χ3n) is 4.26. The molecule has 1 fully saturated rings. The molecular formula is C17H26N2S. The topological polar surface area (TPSA) is 24.1 Å². The maximum Gasteiger partial charge on any atom is 0.171 e. The smallest absolute Gasteiger partial charge is 0.171 e. The molecule has 1 aliphatic rings. The fourth-order valence-corrected chi connectivity index (χ4v) is 3.23. The highest BCUT2D eigenvalue weighted by Crippen LogP contribution is 2.25. The summed E-state index contributed by atoms with van der Waals surface area (Å²) in [4.78, 5) is 0. The van der Waals surface area contributed by atoms with Crippen LogP contribution in [0.2, 0.25) is 0 Å². The van der Waals surface area contributed by atoms with Crippen LogP contribution < -0.4 is 10.6 Å². The second-order valence-corrected chi connectivity index (χ2v) is 6.62. The van der Waals surface area contributed by atoms with E-state index in [4.69, 9.17) is 12.2 Å². The van der Waals surface area contributed by atoms with Gasteiger partial charge in [0.15, 0.2) is 5.11 Å². The zero-order chi connectivity index (χ0) is 14.5. The third kappa shape index (κ3) is 3.95. The van der Waals surface area contributed by atoms with E-state index in [-0.39, 0.29) is 0 Å². The molecule has 20 heavy (non-hydrogen) atoms. The number of benzene rings is 1. The molecule has 1 saturated carbocycles. The highest BCUT2D eigenvalue weighted by molar-refractivity contribution is 7.80. The summed E-state index contributed by atoms with van der Waals surface area (Å²) >= 11 is 5.49. The van der Waals surface area contributed by atoms with E-state index in [1.807, 2.05) is 0 Å². The summed E-state index contributed by atoms with van der Waals surface area (Å²) in [6, 6.07) is 8.93. The summed E-state index contributed by atoms with van der Waals surface area (Å²) in [5, 5.41) is 7.64. The molecule has 1 aliphatic carbocycles. The minimum atomic E-state index is 0.495. The average Bonchev–Trinajstić information content (AvgIpc) is 2.41. The minimum Gasteiger partial charge on any atom is -0.359 e. The Balaban J connectivity index is 1.97. The summed E-state index contributed by atoms with van der Waals surface area (Å²) in [5.41, 5.74) is 2.44. The second kappa shape index (κ2) is 7.07. The van der Waals surface area contributed by atoms with E-state index < -0.39 is 0 Å². The molecule has 2 rings (SSSR count). The zero-order valence-electron chi connectivity index (χ0n) is 12.8. The highest BCUT2D eigenvalue weighted by Gasteiger charge is 2.21. The maximum atomic E-state index is 5.49. The number of hydrogen-bond acceptors (Lipinski definition) is 1. The number of rotatable bonds is 3. The lowest BCUT2D eigenvalue weighted by Gasteiger charge is -2.30. The number of anilines is 1. The van der Waals surface area contributed by atoms with Crippen LogP contribution in [0.4, 0.5) is 5.69 Å². The summed E-state index contributed by atoms with van der Waals surface area (Å²) in [6.07, 6.45) is 5.21. The summed E-state index contributed by atoms with van der Waals surface area (Å²) in [6.45, 7) is 6.74. The molecular weight excluding hydrogens is 264 g/mol. The van der Waals surface area contributed by atoms with Crippen molar-refractivity contribution >= 4 is 23.0 Å². The first-order chi connectivity index (χ1) is 9.58. The molecule has 3 heteroatoms. The van der Waals surface area contributed by atoms with Crippen molar-refractivity contribution in [3.63, 3.8) is 0 Å². The van der Waals surface area contributed by atoms with E-state index in [0.29, 0.717) is 17.9 Å². The SMILES string of the molecule is CC(C)c1ccccc1NC(=S)N[C@H]1CCCC[C@H]1C. The molecule has 0 radical (unpaired) electrons. The van der Waals surface area contributed by atoms with Crippen LogP contribution in [0.15, 0.2) is 24.3 Å². The Morgan fingerprint density at radius 1 is 1.20 bits per heavy atom. The minimum absolute atomic E-state index is 0.495. The van der Waals surface area contributed by atoms with E-state index >= 15 is 0 Å². The lowest BCUT2D eigenvalue weighted by Crippen LogP contribution is -2.43. The molecule has 1 aromatic rings. The van der Waals surface area contributed by atoms with Crippen molar-refractivity contribution < 1.29 is 0 Å². The van der Waals surface area contributed by atoms with Gasteiger partial charge in [0.05, 0.1) is 0 Å². The van der Waals surface area contributed by atoms with E-state index in [0.717, 1.165) is 10.8 Å². The fourth-order valence-electron chi connectivity index (χ4n) is 2.97. The standard InChI is InChI=1S/C17H26N2S/c1-12(2)14-9-5-7-11-16(14)19-17(20)18-15-10-6-4-8-13(15)3/h5,7,9,11-13,15H,4,6,8,10H2,1-3H3,(H2,18,19,20)/t13-,15+/m1/s1. The predicted octanol–water partition coefficient (Wildman–Crippen LogP) is 4.68. The Hall–Kier alpha value is -1.09. The van der Waals surface area contributed by atoms with Crippen LogP contribution in [-0.4, -0.2) is 11.2 Å². The van der Waals surface area contributed by atoms with Crippen LogP contribution in [-0.2, 0) is 0 Å². The van der Waals surface area contributed by atoms with Crippen LogP contribution in [0, 0.1) is 5.92 Å². The van der Waals surface area contributed by atoms with Crippen molar-refractivity contribution in [1.29, 1.82) is 0 Å². The first kappa shape index (κ1) is 15.3. The van der Waals surface area contributed by atoms with Crippen molar-refractivity contribution in [2.24, 2.45) is 5.92 Å². The van der Waals surface area contributed by atoms with Gasteiger partial charge in [0.2, 0.25) is 0 Å². The van der Waals surface area contributed by atoms with E-state index in [1.54, 1.807) is 0 Å². The van der Waals surface area contributed by atoms with Gasteiger partial charge in [-0.1, -0.05) is 51.8 Å². The fraction of sp³-hybridized carbons (Fsp3) is 0.588. The van der Waals surface area contributed by atoms with Crippen LogP contribution in [0.25, 0.3) is 0 Å². The van der Waals surface area contributed by atoms with Crippen LogP contribution >= 0.6 is 12.2 Å². The molecule has 0 spiro atoms. The summed E-state index contributed by atoms with van der Waals surface area (Å²) in [5.74, 6) is 1.21. The zero-order valence-corrected chi connectivity index (χ0v) is 13.6. The molecule has 0 unspecified atom stereocenters. The van der Waals surface area contributed by atoms with Gasteiger partial charge in [0, 0.05) is 11.7 Å². The Morgan fingerprint density at radius 3 is 2.60 bits per heavy atom. The number of nitrogens with one attached hydrogen (secondary N) is 2. The average molecular weight is 290 g/mol. The van der Waals surface area contributed by atoms with Crippen molar-refractivity contribution in [3.05, 3.63) is 29.8 Å². The lowest BCUT2D eigenvalue weighted by atomic mass is 9.86. The molecule has 0 saturated heterocycles. The van der Waals surface area contributed by atoms with Gasteiger partial charge in [-0.2, -0.15) is 0 Å². The predicted molar refractivity (Wildman–Crippen MR) is 91.3 cm³/mol. The lowest BCUT2D eigenvalue weighted by molar-refractivity contribution is 0.309. The Labute approximate surface area is 128 Å². The largest absolute Gasteiger partial charge is 0.359 e. The van der Waals surface area contributed by atoms with Crippen molar-refractivity contribution in [3.8, 4) is 0 Å². The first-order valence-electron chi connectivity index (χ1n) is 7.74. The van der Waals surface area contributed by atoms with Crippen LogP contribution in [0.3, 0.4) is 0 Å². The van der Waals surface area contributed by atoms with Gasteiger partial charge in [-0.05, 0) is 48.5 Å². The Bertz CT molecular complexity index is 456. The van der Waals surface area contributed by atoms with Gasteiger partial charge in [-0.3, -0.25) is 0 Å². The molecule has 2 N–H and O–H groups in total. The molecule has 2 nitrogen and oxygen atoms in total. The van der Waals surface area contributed by atoms with Gasteiger partial charge in [-0.15, -0.1) is 0 Å². The first-order valence-corrected chi connectivity index (χ1v) is 8.15. The summed E-state index contributed by atoms with van der Waals surface area (Å²) in [7, 11) is 0. The van der Waals surface area contributed by atoms with Gasteiger partial charge in [-0.25, -0.2) is 0 Å². The molecule has 0 bridgehead atoms.